The third kappa shape index (κ3) is 4.04. The number of hydrogen-bond acceptors (Lipinski definition) is 4. The van der Waals surface area contributed by atoms with Gasteiger partial charge in [-0.2, -0.15) is 0 Å². The second-order valence-corrected chi connectivity index (χ2v) is 5.94. The number of aromatic nitrogens is 3. The van der Waals surface area contributed by atoms with Gasteiger partial charge in [0.1, 0.15) is 11.6 Å². The largest absolute Gasteiger partial charge is 0.325 e. The predicted molar refractivity (Wildman–Crippen MR) is 80.8 cm³/mol. The topological polar surface area (TPSA) is 70.7 Å². The van der Waals surface area contributed by atoms with Gasteiger partial charge in [-0.25, -0.2) is 9.37 Å². The second-order valence-electron chi connectivity index (χ2n) is 4.63. The maximum absolute atomic E-state index is 13.4. The molecule has 0 aliphatic heterocycles. The molecule has 112 valence electrons. The molecule has 2 N–H and O–H groups in total. The first kappa shape index (κ1) is 15.5. The lowest BCUT2D eigenvalue weighted by molar-refractivity contribution is -0.115. The van der Waals surface area contributed by atoms with Crippen molar-refractivity contribution in [2.75, 3.05) is 5.32 Å². The first-order chi connectivity index (χ1) is 9.99. The van der Waals surface area contributed by atoms with Gasteiger partial charge in [0.05, 0.1) is 5.25 Å². The molecule has 0 spiro atoms. The zero-order valence-corrected chi connectivity index (χ0v) is 12.9. The summed E-state index contributed by atoms with van der Waals surface area (Å²) in [6, 6.07) is 4.62. The number of amides is 1. The summed E-state index contributed by atoms with van der Waals surface area (Å²) in [5.74, 6) is 0.228. The number of nitrogens with zero attached hydrogens (tertiary/aromatic N) is 2. The highest BCUT2D eigenvalue weighted by Crippen LogP contribution is 2.21. The molecule has 0 saturated carbocycles. The molecule has 21 heavy (non-hydrogen) atoms. The summed E-state index contributed by atoms with van der Waals surface area (Å²) in [5, 5.41) is 9.67. The van der Waals surface area contributed by atoms with E-state index in [1.165, 1.54) is 17.8 Å². The van der Waals surface area contributed by atoms with Crippen LogP contribution in [0, 0.1) is 12.7 Å². The third-order valence-corrected chi connectivity index (χ3v) is 3.90. The molecule has 1 aromatic carbocycles. The molecule has 1 aromatic heterocycles. The van der Waals surface area contributed by atoms with Crippen LogP contribution in [-0.2, 0) is 11.2 Å². The minimum Gasteiger partial charge on any atom is -0.325 e. The van der Waals surface area contributed by atoms with Crippen molar-refractivity contribution in [2.45, 2.75) is 37.6 Å². The molecular formula is C14H17FN4OS. The molecule has 0 saturated heterocycles. The number of hydrogen-bond donors (Lipinski definition) is 2. The van der Waals surface area contributed by atoms with Gasteiger partial charge < -0.3 is 5.32 Å². The number of halogens is 1. The number of H-pyrrole nitrogens is 1. The molecule has 0 aliphatic carbocycles. The van der Waals surface area contributed by atoms with Crippen LogP contribution in [0.3, 0.4) is 0 Å². The summed E-state index contributed by atoms with van der Waals surface area (Å²) in [6.45, 7) is 5.40. The van der Waals surface area contributed by atoms with Crippen molar-refractivity contribution in [1.29, 1.82) is 0 Å². The van der Waals surface area contributed by atoms with E-state index in [1.54, 1.807) is 26.0 Å². The molecule has 5 nitrogen and oxygen atoms in total. The van der Waals surface area contributed by atoms with Gasteiger partial charge in [-0.15, -0.1) is 5.10 Å². The fourth-order valence-electron chi connectivity index (χ4n) is 1.61. The Kier molecular flexibility index (Phi) is 4.95. The van der Waals surface area contributed by atoms with E-state index in [0.29, 0.717) is 16.4 Å². The highest BCUT2D eigenvalue weighted by Gasteiger charge is 2.17. The first-order valence-electron chi connectivity index (χ1n) is 6.64. The highest BCUT2D eigenvalue weighted by atomic mass is 32.2. The maximum Gasteiger partial charge on any atom is 0.237 e. The molecule has 7 heteroatoms. The number of thioether (sulfide) groups is 1. The van der Waals surface area contributed by atoms with Gasteiger partial charge in [0.15, 0.2) is 0 Å². The Morgan fingerprint density at radius 2 is 2.29 bits per heavy atom. The van der Waals surface area contributed by atoms with Gasteiger partial charge in [-0.05, 0) is 31.5 Å². The number of nitrogens with one attached hydrogen (secondary N) is 2. The number of aromatic amines is 1. The van der Waals surface area contributed by atoms with E-state index in [9.17, 15) is 9.18 Å². The van der Waals surface area contributed by atoms with E-state index >= 15 is 0 Å². The van der Waals surface area contributed by atoms with Crippen molar-refractivity contribution >= 4 is 23.4 Å². The second kappa shape index (κ2) is 6.71. The van der Waals surface area contributed by atoms with E-state index in [1.807, 2.05) is 6.92 Å². The summed E-state index contributed by atoms with van der Waals surface area (Å²) >= 11 is 1.26. The van der Waals surface area contributed by atoms with Crippen LogP contribution >= 0.6 is 11.8 Å². The quantitative estimate of drug-likeness (QED) is 0.833. The van der Waals surface area contributed by atoms with Crippen molar-refractivity contribution in [3.8, 4) is 0 Å². The standard InChI is InChI=1S/C14H17FN4OS/c1-4-12-17-14(19-18-12)21-9(3)13(20)16-10-6-5-8(2)11(15)7-10/h5-7,9H,4H2,1-3H3,(H,16,20)(H,17,18,19). The first-order valence-corrected chi connectivity index (χ1v) is 7.52. The average molecular weight is 308 g/mol. The fraction of sp³-hybridized carbons (Fsp3) is 0.357. The van der Waals surface area contributed by atoms with Crippen LogP contribution in [0.15, 0.2) is 23.4 Å². The molecule has 1 heterocycles. The summed E-state index contributed by atoms with van der Waals surface area (Å²) in [4.78, 5) is 16.3. The molecule has 2 aromatic rings. The van der Waals surface area contributed by atoms with Crippen LogP contribution in [0.1, 0.15) is 25.2 Å². The van der Waals surface area contributed by atoms with Gasteiger partial charge >= 0.3 is 0 Å². The average Bonchev–Trinajstić information content (AvgIpc) is 2.90. The minimum atomic E-state index is -0.380. The molecule has 1 atom stereocenters. The van der Waals surface area contributed by atoms with Gasteiger partial charge in [-0.1, -0.05) is 24.8 Å². The summed E-state index contributed by atoms with van der Waals surface area (Å²) < 4.78 is 13.4. The van der Waals surface area contributed by atoms with Crippen molar-refractivity contribution < 1.29 is 9.18 Å². The minimum absolute atomic E-state index is 0.217. The number of carbonyl (C=O) groups excluding carboxylic acids is 1. The molecular weight excluding hydrogens is 291 g/mol. The van der Waals surface area contributed by atoms with Crippen LogP contribution in [0.4, 0.5) is 10.1 Å². The number of carbonyl (C=O) groups is 1. The Balaban J connectivity index is 1.97. The molecule has 0 radical (unpaired) electrons. The van der Waals surface area contributed by atoms with Gasteiger partial charge in [0.2, 0.25) is 11.1 Å². The molecule has 2 rings (SSSR count). The lowest BCUT2D eigenvalue weighted by Crippen LogP contribution is -2.22. The normalized spacial score (nSPS) is 12.2. The van der Waals surface area contributed by atoms with Crippen molar-refractivity contribution in [3.05, 3.63) is 35.4 Å². The lowest BCUT2D eigenvalue weighted by atomic mass is 10.2. The Morgan fingerprint density at radius 3 is 2.90 bits per heavy atom. The molecule has 1 amide bonds. The van der Waals surface area contributed by atoms with Crippen molar-refractivity contribution in [3.63, 3.8) is 0 Å². The zero-order valence-electron chi connectivity index (χ0n) is 12.1. The van der Waals surface area contributed by atoms with Gasteiger partial charge in [-0.3, -0.25) is 9.89 Å². The van der Waals surface area contributed by atoms with E-state index in [-0.39, 0.29) is 17.0 Å². The van der Waals surface area contributed by atoms with Gasteiger partial charge in [0.25, 0.3) is 0 Å². The summed E-state index contributed by atoms with van der Waals surface area (Å²) in [6.07, 6.45) is 0.761. The number of benzene rings is 1. The molecule has 0 fully saturated rings. The van der Waals surface area contributed by atoms with Crippen LogP contribution in [0.25, 0.3) is 0 Å². The summed E-state index contributed by atoms with van der Waals surface area (Å²) in [5.41, 5.74) is 0.989. The number of aryl methyl sites for hydroxylation is 2. The van der Waals surface area contributed by atoms with E-state index in [0.717, 1.165) is 12.2 Å². The van der Waals surface area contributed by atoms with Crippen LogP contribution < -0.4 is 5.32 Å². The SMILES string of the molecule is CCc1nc(SC(C)C(=O)Nc2ccc(C)c(F)c2)n[nH]1. The zero-order chi connectivity index (χ0) is 15.4. The lowest BCUT2D eigenvalue weighted by Gasteiger charge is -2.10. The van der Waals surface area contributed by atoms with Crippen LogP contribution in [0.2, 0.25) is 0 Å². The van der Waals surface area contributed by atoms with Crippen molar-refractivity contribution in [1.82, 2.24) is 15.2 Å². The van der Waals surface area contributed by atoms with Crippen molar-refractivity contribution in [2.24, 2.45) is 0 Å². The third-order valence-electron chi connectivity index (χ3n) is 2.94. The molecule has 1 unspecified atom stereocenters. The highest BCUT2D eigenvalue weighted by molar-refractivity contribution is 8.00. The van der Waals surface area contributed by atoms with E-state index in [2.05, 4.69) is 20.5 Å². The summed E-state index contributed by atoms with van der Waals surface area (Å²) in [7, 11) is 0. The van der Waals surface area contributed by atoms with Gasteiger partial charge in [0, 0.05) is 12.1 Å². The Hall–Kier alpha value is -1.89. The Morgan fingerprint density at radius 1 is 1.52 bits per heavy atom. The Bertz CT molecular complexity index is 644. The monoisotopic (exact) mass is 308 g/mol. The molecule has 0 aliphatic rings. The van der Waals surface area contributed by atoms with Crippen LogP contribution in [0.5, 0.6) is 0 Å². The maximum atomic E-state index is 13.4. The van der Waals surface area contributed by atoms with Crippen LogP contribution in [-0.4, -0.2) is 26.3 Å². The van der Waals surface area contributed by atoms with E-state index < -0.39 is 0 Å². The Labute approximate surface area is 126 Å². The smallest absolute Gasteiger partial charge is 0.237 e. The molecule has 0 bridgehead atoms. The van der Waals surface area contributed by atoms with E-state index in [4.69, 9.17) is 0 Å². The predicted octanol–water partition coefficient (Wildman–Crippen LogP) is 2.93. The number of rotatable bonds is 5. The number of anilines is 1. The fourth-order valence-corrected chi connectivity index (χ4v) is 2.36.